The number of nitrogens with one attached hydrogen (secondary N) is 3. The summed E-state index contributed by atoms with van der Waals surface area (Å²) < 4.78 is 5.23. The van der Waals surface area contributed by atoms with Crippen LogP contribution in [0.25, 0.3) is 0 Å². The highest BCUT2D eigenvalue weighted by Gasteiger charge is 2.71. The summed E-state index contributed by atoms with van der Waals surface area (Å²) in [6.45, 7) is 2.43. The number of amides is 3. The Balaban J connectivity index is 1.26. The fourth-order valence-electron chi connectivity index (χ4n) is 9.53. The molecule has 11 nitrogen and oxygen atoms in total. The monoisotopic (exact) mass is 594 g/mol. The van der Waals surface area contributed by atoms with Crippen LogP contribution in [0.2, 0.25) is 0 Å². The first-order valence-electron chi connectivity index (χ1n) is 15.4. The van der Waals surface area contributed by atoms with Crippen molar-refractivity contribution >= 4 is 29.8 Å². The van der Waals surface area contributed by atoms with Gasteiger partial charge in [0.25, 0.3) is 5.91 Å². The summed E-state index contributed by atoms with van der Waals surface area (Å²) in [7, 11) is 1.51. The summed E-state index contributed by atoms with van der Waals surface area (Å²) in [5.41, 5.74) is 1.02. The third-order valence-electron chi connectivity index (χ3n) is 11.7. The topological polar surface area (TPSA) is 170 Å². The van der Waals surface area contributed by atoms with Gasteiger partial charge in [-0.15, -0.1) is 0 Å². The first-order valence-corrected chi connectivity index (χ1v) is 15.4. The van der Waals surface area contributed by atoms with Gasteiger partial charge in [0.2, 0.25) is 0 Å². The molecule has 5 aliphatic rings. The van der Waals surface area contributed by atoms with E-state index < -0.39 is 34.0 Å². The number of esters is 1. The fraction of sp³-hybridized carbons (Fsp3) is 0.625. The minimum absolute atomic E-state index is 0.0562. The normalized spacial score (nSPS) is 40.1. The van der Waals surface area contributed by atoms with Crippen molar-refractivity contribution in [1.29, 1.82) is 0 Å². The molecule has 6 N–H and O–H groups in total. The van der Waals surface area contributed by atoms with Crippen molar-refractivity contribution in [3.05, 3.63) is 41.5 Å². The molecule has 4 fully saturated rings. The lowest BCUT2D eigenvalue weighted by Crippen LogP contribution is -2.68. The van der Waals surface area contributed by atoms with Crippen LogP contribution >= 0.6 is 0 Å². The minimum atomic E-state index is -1.22. The maximum Gasteiger partial charge on any atom is 0.331 e. The number of hydrazone groups is 1. The van der Waals surface area contributed by atoms with Gasteiger partial charge in [-0.05, 0) is 99.0 Å². The smallest absolute Gasteiger partial charge is 0.331 e. The third-order valence-corrected chi connectivity index (χ3v) is 11.7. The number of carbonyl (C=O) groups is 3. The zero-order chi connectivity index (χ0) is 30.6. The number of aliphatic hydroxyl groups is 3. The van der Waals surface area contributed by atoms with Crippen molar-refractivity contribution in [3.63, 3.8) is 0 Å². The number of aliphatic hydroxyl groups excluding tert-OH is 1. The molecule has 1 aromatic rings. The number of urea groups is 1. The summed E-state index contributed by atoms with van der Waals surface area (Å²) >= 11 is 0. The predicted molar refractivity (Wildman–Crippen MR) is 158 cm³/mol. The SMILES string of the molecule is CNC(=O)Nc1ccc(C(=O)N/N=C/[C@]23CC[C@@H](O)C[C@@]2(O)CC[C@@H]2[C@@H]3CC[C@]3(C)[C@@H](C4=CC(=O)OC4)CC[C@@]23O)cc1. The zero-order valence-electron chi connectivity index (χ0n) is 24.8. The number of anilines is 1. The number of rotatable bonds is 5. The van der Waals surface area contributed by atoms with Crippen LogP contribution < -0.4 is 16.1 Å². The molecule has 4 aliphatic carbocycles. The zero-order valence-corrected chi connectivity index (χ0v) is 24.8. The molecule has 0 bridgehead atoms. The van der Waals surface area contributed by atoms with Gasteiger partial charge in [0, 0.05) is 47.8 Å². The standard InChI is InChI=1S/C32H42N4O7/c1-29-11-8-24-25(32(29,42)14-10-23(29)20-15-26(38)43-17-20)9-13-31(41)16-22(37)7-12-30(24,31)18-34-36-27(39)19-3-5-21(6-4-19)35-28(40)33-2/h3-6,15,18,22-25,37,41-42H,7-14,16-17H2,1-2H3,(H,36,39)(H2,33,35,40)/b34-18+/t22-,23-,24+,25-,29-,30+,31+,32-/m1/s1. The van der Waals surface area contributed by atoms with E-state index in [1.54, 1.807) is 36.6 Å². The molecule has 0 spiro atoms. The summed E-state index contributed by atoms with van der Waals surface area (Å²) in [5, 5.41) is 44.8. The molecule has 4 saturated carbocycles. The average molecular weight is 595 g/mol. The van der Waals surface area contributed by atoms with E-state index in [2.05, 4.69) is 28.1 Å². The van der Waals surface area contributed by atoms with Crippen molar-refractivity contribution in [2.75, 3.05) is 19.0 Å². The van der Waals surface area contributed by atoms with Gasteiger partial charge in [0.05, 0.1) is 17.3 Å². The molecule has 0 saturated heterocycles. The number of nitrogens with zero attached hydrogens (tertiary/aromatic N) is 1. The molecule has 1 aliphatic heterocycles. The highest BCUT2D eigenvalue weighted by molar-refractivity contribution is 5.95. The number of carbonyl (C=O) groups excluding carboxylic acids is 3. The van der Waals surface area contributed by atoms with Gasteiger partial charge in [0.1, 0.15) is 6.61 Å². The van der Waals surface area contributed by atoms with Crippen molar-refractivity contribution < 1.29 is 34.4 Å². The Morgan fingerprint density at radius 2 is 1.77 bits per heavy atom. The van der Waals surface area contributed by atoms with Crippen LogP contribution in [-0.2, 0) is 9.53 Å². The molecule has 0 unspecified atom stereocenters. The molecule has 232 valence electrons. The predicted octanol–water partition coefficient (Wildman–Crippen LogP) is 2.87. The molecule has 1 heterocycles. The number of hydrogen-bond donors (Lipinski definition) is 6. The van der Waals surface area contributed by atoms with E-state index in [4.69, 9.17) is 4.74 Å². The fourth-order valence-corrected chi connectivity index (χ4v) is 9.53. The quantitative estimate of drug-likeness (QED) is 0.173. The molecule has 1 aromatic carbocycles. The Morgan fingerprint density at radius 1 is 1.02 bits per heavy atom. The molecule has 3 amide bonds. The van der Waals surface area contributed by atoms with Gasteiger partial charge in [0.15, 0.2) is 0 Å². The number of fused-ring (bicyclic) bond motifs is 5. The highest BCUT2D eigenvalue weighted by Crippen LogP contribution is 2.70. The van der Waals surface area contributed by atoms with E-state index in [0.717, 1.165) is 24.8 Å². The van der Waals surface area contributed by atoms with E-state index in [-0.39, 0.29) is 42.8 Å². The first-order chi connectivity index (χ1) is 20.4. The molecule has 8 atom stereocenters. The first kappa shape index (κ1) is 29.8. The van der Waals surface area contributed by atoms with Crippen LogP contribution in [0.5, 0.6) is 0 Å². The van der Waals surface area contributed by atoms with E-state index >= 15 is 0 Å². The van der Waals surface area contributed by atoms with Crippen LogP contribution in [0.15, 0.2) is 41.0 Å². The average Bonchev–Trinajstić information content (AvgIpc) is 3.52. The summed E-state index contributed by atoms with van der Waals surface area (Å²) in [5.74, 6) is -0.892. The largest absolute Gasteiger partial charge is 0.458 e. The summed E-state index contributed by atoms with van der Waals surface area (Å²) in [6, 6.07) is 6.06. The second kappa shape index (κ2) is 10.7. The van der Waals surface area contributed by atoms with Gasteiger partial charge in [-0.3, -0.25) is 4.79 Å². The molecule has 0 aromatic heterocycles. The van der Waals surface area contributed by atoms with Gasteiger partial charge < -0.3 is 30.7 Å². The Morgan fingerprint density at radius 3 is 2.47 bits per heavy atom. The van der Waals surface area contributed by atoms with Crippen molar-refractivity contribution in [1.82, 2.24) is 10.7 Å². The lowest BCUT2D eigenvalue weighted by Gasteiger charge is -2.65. The maximum atomic E-state index is 13.0. The van der Waals surface area contributed by atoms with Crippen molar-refractivity contribution in [2.24, 2.45) is 33.7 Å². The molecule has 0 radical (unpaired) electrons. The Labute approximate surface area is 251 Å². The van der Waals surface area contributed by atoms with Gasteiger partial charge in [-0.2, -0.15) is 5.10 Å². The van der Waals surface area contributed by atoms with E-state index in [9.17, 15) is 29.7 Å². The Hall–Kier alpha value is -3.28. The lowest BCUT2D eigenvalue weighted by molar-refractivity contribution is -0.237. The van der Waals surface area contributed by atoms with Crippen LogP contribution in [-0.4, -0.2) is 70.4 Å². The summed E-state index contributed by atoms with van der Waals surface area (Å²) in [4.78, 5) is 36.4. The second-order valence-corrected chi connectivity index (χ2v) is 13.5. The van der Waals surface area contributed by atoms with Crippen LogP contribution in [0.1, 0.15) is 75.1 Å². The van der Waals surface area contributed by atoms with Gasteiger partial charge in [-0.1, -0.05) is 6.92 Å². The van der Waals surface area contributed by atoms with Crippen LogP contribution in [0.3, 0.4) is 0 Å². The second-order valence-electron chi connectivity index (χ2n) is 13.5. The highest BCUT2D eigenvalue weighted by atomic mass is 16.5. The van der Waals surface area contributed by atoms with Crippen LogP contribution in [0.4, 0.5) is 10.5 Å². The Kier molecular flexibility index (Phi) is 7.42. The van der Waals surface area contributed by atoms with E-state index in [0.29, 0.717) is 43.4 Å². The van der Waals surface area contributed by atoms with Gasteiger partial charge in [-0.25, -0.2) is 15.0 Å². The Bertz CT molecular complexity index is 1360. The van der Waals surface area contributed by atoms with E-state index in [1.165, 1.54) is 7.05 Å². The number of ether oxygens (including phenoxy) is 1. The number of hydrogen-bond acceptors (Lipinski definition) is 8. The minimum Gasteiger partial charge on any atom is -0.458 e. The van der Waals surface area contributed by atoms with Gasteiger partial charge >= 0.3 is 12.0 Å². The maximum absolute atomic E-state index is 13.0. The molecule has 43 heavy (non-hydrogen) atoms. The number of benzene rings is 1. The number of cyclic esters (lactones) is 1. The third kappa shape index (κ3) is 4.67. The lowest BCUT2D eigenvalue weighted by atomic mass is 9.41. The molecule has 11 heteroatoms. The van der Waals surface area contributed by atoms with Crippen LogP contribution in [0, 0.1) is 28.6 Å². The van der Waals surface area contributed by atoms with Crippen molar-refractivity contribution in [2.45, 2.75) is 82.0 Å². The molecular weight excluding hydrogens is 552 g/mol. The molecule has 6 rings (SSSR count). The van der Waals surface area contributed by atoms with E-state index in [1.807, 2.05) is 0 Å². The summed E-state index contributed by atoms with van der Waals surface area (Å²) in [6.07, 6.45) is 7.77. The molecular formula is C32H42N4O7. The van der Waals surface area contributed by atoms with Crippen molar-refractivity contribution in [3.8, 4) is 0 Å².